The highest BCUT2D eigenvalue weighted by Gasteiger charge is 2.44. The van der Waals surface area contributed by atoms with E-state index in [4.69, 9.17) is 11.1 Å². The van der Waals surface area contributed by atoms with E-state index >= 15 is 0 Å². The average molecular weight is 454 g/mol. The van der Waals surface area contributed by atoms with Crippen LogP contribution in [-0.4, -0.2) is 24.3 Å². The fourth-order valence-electron chi connectivity index (χ4n) is 6.74. The summed E-state index contributed by atoms with van der Waals surface area (Å²) in [4.78, 5) is 2.60. The van der Waals surface area contributed by atoms with Crippen LogP contribution in [0.2, 0.25) is 0 Å². The fourth-order valence-corrected chi connectivity index (χ4v) is 6.74. The lowest BCUT2D eigenvalue weighted by Gasteiger charge is -2.48. The van der Waals surface area contributed by atoms with Crippen LogP contribution in [0.25, 0.3) is 10.8 Å². The standard InChI is InChI=1S/C31H39N3/c1-6-31(7-2)18-34(5)29(19(3)4)25-13-12-23(16-28(25)31)27-17-26(27)22-10-8-21-15-24(30(32)33)11-9-20(21)14-22/h8-16,19,26-27,29H,6-7,17-18H2,1-5H3,(H3,32,33). The number of amidine groups is 1. The molecule has 1 aliphatic heterocycles. The van der Waals surface area contributed by atoms with Crippen LogP contribution in [0.5, 0.6) is 0 Å². The number of rotatable bonds is 6. The van der Waals surface area contributed by atoms with Crippen LogP contribution in [0.4, 0.5) is 0 Å². The van der Waals surface area contributed by atoms with Gasteiger partial charge in [0.15, 0.2) is 0 Å². The van der Waals surface area contributed by atoms with E-state index in [2.05, 4.69) is 82.1 Å². The topological polar surface area (TPSA) is 53.1 Å². The van der Waals surface area contributed by atoms with Gasteiger partial charge in [-0.05, 0) is 83.2 Å². The molecule has 178 valence electrons. The summed E-state index contributed by atoms with van der Waals surface area (Å²) in [5, 5.41) is 10.1. The molecule has 0 saturated heterocycles. The molecular weight excluding hydrogens is 414 g/mol. The van der Waals surface area contributed by atoms with Gasteiger partial charge in [0.05, 0.1) is 0 Å². The molecule has 5 rings (SSSR count). The van der Waals surface area contributed by atoms with E-state index in [1.165, 1.54) is 35.8 Å². The first kappa shape index (κ1) is 23.1. The molecule has 0 spiro atoms. The minimum atomic E-state index is 0.127. The molecule has 0 aromatic heterocycles. The number of nitrogens with zero attached hydrogens (tertiary/aromatic N) is 1. The van der Waals surface area contributed by atoms with Gasteiger partial charge in [0, 0.05) is 23.6 Å². The Labute approximate surface area is 204 Å². The molecule has 2 aliphatic rings. The van der Waals surface area contributed by atoms with Gasteiger partial charge in [0.1, 0.15) is 5.84 Å². The second-order valence-electron chi connectivity index (χ2n) is 11.1. The molecular formula is C31H39N3. The summed E-state index contributed by atoms with van der Waals surface area (Å²) in [7, 11) is 2.32. The molecule has 0 amide bonds. The zero-order chi connectivity index (χ0) is 24.2. The molecule has 3 unspecified atom stereocenters. The van der Waals surface area contributed by atoms with Gasteiger partial charge in [-0.15, -0.1) is 0 Å². The van der Waals surface area contributed by atoms with E-state index in [1.807, 2.05) is 12.1 Å². The van der Waals surface area contributed by atoms with Crippen LogP contribution in [0.1, 0.15) is 92.7 Å². The number of fused-ring (bicyclic) bond motifs is 2. The van der Waals surface area contributed by atoms with Crippen molar-refractivity contribution >= 4 is 16.6 Å². The maximum atomic E-state index is 7.70. The lowest BCUT2D eigenvalue weighted by Crippen LogP contribution is -2.47. The molecule has 3 aromatic carbocycles. The zero-order valence-electron chi connectivity index (χ0n) is 21.4. The molecule has 1 saturated carbocycles. The molecule has 3 N–H and O–H groups in total. The minimum Gasteiger partial charge on any atom is -0.384 e. The molecule has 3 atom stereocenters. The number of likely N-dealkylation sites (N-methyl/N-ethyl adjacent to an activating group) is 1. The van der Waals surface area contributed by atoms with Gasteiger partial charge in [0.2, 0.25) is 0 Å². The summed E-state index contributed by atoms with van der Waals surface area (Å²) in [5.41, 5.74) is 12.9. The van der Waals surface area contributed by atoms with Crippen molar-refractivity contribution in [2.45, 2.75) is 70.3 Å². The Bertz CT molecular complexity index is 1240. The molecule has 3 heteroatoms. The number of nitrogen functional groups attached to an aromatic ring is 1. The summed E-state index contributed by atoms with van der Waals surface area (Å²) in [6.45, 7) is 10.6. The van der Waals surface area contributed by atoms with Gasteiger partial charge in [0.25, 0.3) is 0 Å². The minimum absolute atomic E-state index is 0.127. The third kappa shape index (κ3) is 3.75. The summed E-state index contributed by atoms with van der Waals surface area (Å²) in [5.74, 6) is 1.94. The number of nitrogens with two attached hydrogens (primary N) is 1. The van der Waals surface area contributed by atoms with Crippen molar-refractivity contribution in [2.24, 2.45) is 11.7 Å². The fraction of sp³-hybridized carbons (Fsp3) is 0.452. The summed E-state index contributed by atoms with van der Waals surface area (Å²) in [6.07, 6.45) is 3.61. The first-order valence-electron chi connectivity index (χ1n) is 13.0. The van der Waals surface area contributed by atoms with Crippen molar-refractivity contribution in [3.63, 3.8) is 0 Å². The number of hydrogen-bond donors (Lipinski definition) is 2. The SMILES string of the molecule is CCC1(CC)CN(C)C(C(C)C)c2ccc(C3CC3c3ccc4cc(C(=N)N)ccc4c3)cc21. The van der Waals surface area contributed by atoms with Crippen molar-refractivity contribution in [1.82, 2.24) is 4.90 Å². The predicted octanol–water partition coefficient (Wildman–Crippen LogP) is 7.10. The van der Waals surface area contributed by atoms with Crippen molar-refractivity contribution in [1.29, 1.82) is 5.41 Å². The van der Waals surface area contributed by atoms with Crippen molar-refractivity contribution in [3.05, 3.63) is 82.4 Å². The van der Waals surface area contributed by atoms with Crippen LogP contribution < -0.4 is 5.73 Å². The molecule has 3 nitrogen and oxygen atoms in total. The summed E-state index contributed by atoms with van der Waals surface area (Å²) >= 11 is 0. The lowest BCUT2D eigenvalue weighted by molar-refractivity contribution is 0.120. The first-order chi connectivity index (χ1) is 16.3. The first-order valence-corrected chi connectivity index (χ1v) is 13.0. The predicted molar refractivity (Wildman–Crippen MR) is 144 cm³/mol. The molecule has 1 fully saturated rings. The lowest BCUT2D eigenvalue weighted by atomic mass is 9.68. The highest BCUT2D eigenvalue weighted by Crippen LogP contribution is 2.56. The molecule has 3 aromatic rings. The van der Waals surface area contributed by atoms with Gasteiger partial charge in [-0.25, -0.2) is 0 Å². The van der Waals surface area contributed by atoms with Crippen LogP contribution in [-0.2, 0) is 5.41 Å². The zero-order valence-corrected chi connectivity index (χ0v) is 21.4. The van der Waals surface area contributed by atoms with Crippen molar-refractivity contribution < 1.29 is 0 Å². The largest absolute Gasteiger partial charge is 0.384 e. The Morgan fingerprint density at radius 2 is 1.59 bits per heavy atom. The van der Waals surface area contributed by atoms with Crippen LogP contribution in [0, 0.1) is 11.3 Å². The van der Waals surface area contributed by atoms with E-state index in [9.17, 15) is 0 Å². The van der Waals surface area contributed by atoms with Gasteiger partial charge in [-0.1, -0.05) is 76.2 Å². The van der Waals surface area contributed by atoms with Gasteiger partial charge in [-0.2, -0.15) is 0 Å². The highest BCUT2D eigenvalue weighted by atomic mass is 15.1. The van der Waals surface area contributed by atoms with E-state index in [-0.39, 0.29) is 11.3 Å². The molecule has 1 aliphatic carbocycles. The van der Waals surface area contributed by atoms with E-state index < -0.39 is 0 Å². The van der Waals surface area contributed by atoms with Crippen LogP contribution in [0.3, 0.4) is 0 Å². The quantitative estimate of drug-likeness (QED) is 0.309. The Morgan fingerprint density at radius 1 is 0.971 bits per heavy atom. The van der Waals surface area contributed by atoms with E-state index in [1.54, 1.807) is 11.1 Å². The van der Waals surface area contributed by atoms with Gasteiger partial charge in [-0.3, -0.25) is 10.3 Å². The Morgan fingerprint density at radius 3 is 2.24 bits per heavy atom. The molecule has 1 heterocycles. The normalized spacial score (nSPS) is 23.8. The Hall–Kier alpha value is -2.65. The van der Waals surface area contributed by atoms with Crippen LogP contribution >= 0.6 is 0 Å². The van der Waals surface area contributed by atoms with E-state index in [0.717, 1.165) is 17.5 Å². The van der Waals surface area contributed by atoms with Gasteiger partial charge >= 0.3 is 0 Å². The number of benzene rings is 3. The third-order valence-electron chi connectivity index (χ3n) is 8.80. The van der Waals surface area contributed by atoms with E-state index in [0.29, 0.717) is 23.8 Å². The average Bonchev–Trinajstić information content (AvgIpc) is 3.63. The van der Waals surface area contributed by atoms with Gasteiger partial charge < -0.3 is 5.73 Å². The third-order valence-corrected chi connectivity index (χ3v) is 8.80. The van der Waals surface area contributed by atoms with Crippen molar-refractivity contribution in [2.75, 3.05) is 13.6 Å². The maximum absolute atomic E-state index is 7.70. The summed E-state index contributed by atoms with van der Waals surface area (Å²) < 4.78 is 0. The van der Waals surface area contributed by atoms with Crippen LogP contribution in [0.15, 0.2) is 54.6 Å². The maximum Gasteiger partial charge on any atom is 0.122 e. The molecule has 0 radical (unpaired) electrons. The highest BCUT2D eigenvalue weighted by molar-refractivity contribution is 5.99. The summed E-state index contributed by atoms with van der Waals surface area (Å²) in [6, 6.07) is 20.9. The Kier molecular flexibility index (Phi) is 5.80. The Balaban J connectivity index is 1.47. The molecule has 34 heavy (non-hydrogen) atoms. The monoisotopic (exact) mass is 453 g/mol. The number of hydrogen-bond acceptors (Lipinski definition) is 2. The smallest absolute Gasteiger partial charge is 0.122 e. The number of nitrogens with one attached hydrogen (secondary N) is 1. The van der Waals surface area contributed by atoms with Crippen molar-refractivity contribution in [3.8, 4) is 0 Å². The second-order valence-corrected chi connectivity index (χ2v) is 11.1. The second kappa shape index (κ2) is 8.53. The molecule has 0 bridgehead atoms.